The summed E-state index contributed by atoms with van der Waals surface area (Å²) in [5.74, 6) is 0.965. The zero-order chi connectivity index (χ0) is 14.5. The molecular weight excluding hydrogens is 258 g/mol. The average molecular weight is 281 g/mol. The van der Waals surface area contributed by atoms with Gasteiger partial charge in [-0.3, -0.25) is 0 Å². The maximum atomic E-state index is 5.44. The number of benzene rings is 2. The molecule has 2 heteroatoms. The Kier molecular flexibility index (Phi) is 4.56. The Labute approximate surface area is 127 Å². The molecule has 1 atom stereocenters. The van der Waals surface area contributed by atoms with E-state index in [1.165, 1.54) is 42.4 Å². The maximum absolute atomic E-state index is 5.44. The molecule has 3 rings (SSSR count). The smallest absolute Gasteiger partial charge is 0.123 e. The van der Waals surface area contributed by atoms with E-state index in [0.717, 1.165) is 12.3 Å². The van der Waals surface area contributed by atoms with Crippen molar-refractivity contribution in [3.63, 3.8) is 0 Å². The van der Waals surface area contributed by atoms with Gasteiger partial charge in [0.1, 0.15) is 5.75 Å². The summed E-state index contributed by atoms with van der Waals surface area (Å²) in [6.45, 7) is 0.850. The second-order valence-electron chi connectivity index (χ2n) is 5.69. The molecular formula is C19H23NO. The topological polar surface area (TPSA) is 21.3 Å². The van der Waals surface area contributed by atoms with Crippen LogP contribution in [-0.2, 0) is 13.0 Å². The molecule has 0 bridgehead atoms. The van der Waals surface area contributed by atoms with E-state index in [1.54, 1.807) is 7.11 Å². The molecule has 0 fully saturated rings. The highest BCUT2D eigenvalue weighted by Crippen LogP contribution is 2.29. The summed E-state index contributed by atoms with van der Waals surface area (Å²) in [5, 5.41) is 3.73. The lowest BCUT2D eigenvalue weighted by Crippen LogP contribution is -2.21. The molecule has 0 saturated carbocycles. The summed E-state index contributed by atoms with van der Waals surface area (Å²) in [5.41, 5.74) is 4.21. The van der Waals surface area contributed by atoms with Crippen LogP contribution in [0.4, 0.5) is 0 Å². The van der Waals surface area contributed by atoms with Crippen LogP contribution in [0.5, 0.6) is 5.75 Å². The van der Waals surface area contributed by atoms with Gasteiger partial charge in [0.05, 0.1) is 7.11 Å². The van der Waals surface area contributed by atoms with Gasteiger partial charge in [0.25, 0.3) is 0 Å². The Morgan fingerprint density at radius 3 is 2.76 bits per heavy atom. The van der Waals surface area contributed by atoms with E-state index < -0.39 is 0 Å². The van der Waals surface area contributed by atoms with Crippen molar-refractivity contribution < 1.29 is 4.74 Å². The number of nitrogens with one attached hydrogen (secondary N) is 1. The molecule has 2 aromatic carbocycles. The monoisotopic (exact) mass is 281 g/mol. The molecule has 2 nitrogen and oxygen atoms in total. The standard InChI is InChI=1S/C19H23NO/c1-21-19-13-7-4-10-16(19)14-20-18-12-6-3-9-15-8-2-5-11-17(15)18/h2,4-5,7-8,10-11,13,18,20H,3,6,9,12,14H2,1H3. The Bertz CT molecular complexity index is 594. The first-order valence-electron chi connectivity index (χ1n) is 7.81. The third-order valence-electron chi connectivity index (χ3n) is 4.35. The van der Waals surface area contributed by atoms with Gasteiger partial charge in [-0.1, -0.05) is 48.9 Å². The highest BCUT2D eigenvalue weighted by molar-refractivity contribution is 5.34. The van der Waals surface area contributed by atoms with E-state index in [9.17, 15) is 0 Å². The Hall–Kier alpha value is -1.80. The van der Waals surface area contributed by atoms with E-state index >= 15 is 0 Å². The Morgan fingerprint density at radius 1 is 1.05 bits per heavy atom. The van der Waals surface area contributed by atoms with Crippen molar-refractivity contribution >= 4 is 0 Å². The maximum Gasteiger partial charge on any atom is 0.123 e. The number of hydrogen-bond donors (Lipinski definition) is 1. The Morgan fingerprint density at radius 2 is 1.86 bits per heavy atom. The van der Waals surface area contributed by atoms with Crippen LogP contribution in [-0.4, -0.2) is 7.11 Å². The minimum Gasteiger partial charge on any atom is -0.496 e. The fraction of sp³-hybridized carbons (Fsp3) is 0.368. The molecule has 0 amide bonds. The van der Waals surface area contributed by atoms with E-state index in [2.05, 4.69) is 41.7 Å². The molecule has 2 aromatic rings. The number of fused-ring (bicyclic) bond motifs is 1. The summed E-state index contributed by atoms with van der Waals surface area (Å²) in [4.78, 5) is 0. The first-order chi connectivity index (χ1) is 10.4. The summed E-state index contributed by atoms with van der Waals surface area (Å²) in [7, 11) is 1.74. The first kappa shape index (κ1) is 14.2. The van der Waals surface area contributed by atoms with Crippen LogP contribution in [0.15, 0.2) is 48.5 Å². The highest BCUT2D eigenvalue weighted by atomic mass is 16.5. The summed E-state index contributed by atoms with van der Waals surface area (Å²) >= 11 is 0. The van der Waals surface area contributed by atoms with Crippen LogP contribution in [0.1, 0.15) is 42.0 Å². The number of rotatable bonds is 4. The second-order valence-corrected chi connectivity index (χ2v) is 5.69. The van der Waals surface area contributed by atoms with Gasteiger partial charge in [0.15, 0.2) is 0 Å². The molecule has 110 valence electrons. The van der Waals surface area contributed by atoms with Crippen LogP contribution >= 0.6 is 0 Å². The van der Waals surface area contributed by atoms with Crippen LogP contribution in [0.3, 0.4) is 0 Å². The molecule has 0 radical (unpaired) electrons. The summed E-state index contributed by atoms with van der Waals surface area (Å²) < 4.78 is 5.44. The van der Waals surface area contributed by atoms with Crippen molar-refractivity contribution in [1.82, 2.24) is 5.32 Å². The minimum absolute atomic E-state index is 0.452. The number of para-hydroxylation sites is 1. The zero-order valence-electron chi connectivity index (χ0n) is 12.6. The van der Waals surface area contributed by atoms with Gasteiger partial charge in [-0.2, -0.15) is 0 Å². The lowest BCUT2D eigenvalue weighted by Gasteiger charge is -2.20. The lowest BCUT2D eigenvalue weighted by atomic mass is 9.99. The number of hydrogen-bond acceptors (Lipinski definition) is 2. The van der Waals surface area contributed by atoms with Crippen molar-refractivity contribution in [3.05, 3.63) is 65.2 Å². The molecule has 1 aliphatic carbocycles. The molecule has 0 spiro atoms. The fourth-order valence-electron chi connectivity index (χ4n) is 3.22. The van der Waals surface area contributed by atoms with Crippen molar-refractivity contribution in [2.75, 3.05) is 7.11 Å². The van der Waals surface area contributed by atoms with Crippen LogP contribution in [0.25, 0.3) is 0 Å². The number of aryl methyl sites for hydroxylation is 1. The first-order valence-corrected chi connectivity index (χ1v) is 7.81. The van der Waals surface area contributed by atoms with Crippen LogP contribution < -0.4 is 10.1 Å². The normalized spacial score (nSPS) is 17.9. The molecule has 0 saturated heterocycles. The van der Waals surface area contributed by atoms with E-state index in [-0.39, 0.29) is 0 Å². The van der Waals surface area contributed by atoms with Crippen LogP contribution in [0.2, 0.25) is 0 Å². The second kappa shape index (κ2) is 6.77. The van der Waals surface area contributed by atoms with Crippen molar-refractivity contribution in [2.24, 2.45) is 0 Å². The Balaban J connectivity index is 1.76. The van der Waals surface area contributed by atoms with Gasteiger partial charge >= 0.3 is 0 Å². The van der Waals surface area contributed by atoms with Gasteiger partial charge in [-0.15, -0.1) is 0 Å². The van der Waals surface area contributed by atoms with E-state index in [1.807, 2.05) is 12.1 Å². The van der Waals surface area contributed by atoms with Crippen LogP contribution in [0, 0.1) is 0 Å². The lowest BCUT2D eigenvalue weighted by molar-refractivity contribution is 0.403. The number of methoxy groups -OCH3 is 1. The van der Waals surface area contributed by atoms with Gasteiger partial charge in [0, 0.05) is 18.2 Å². The molecule has 1 N–H and O–H groups in total. The van der Waals surface area contributed by atoms with Crippen molar-refractivity contribution in [1.29, 1.82) is 0 Å². The highest BCUT2D eigenvalue weighted by Gasteiger charge is 2.18. The molecule has 0 aliphatic heterocycles. The molecule has 1 aliphatic rings. The minimum atomic E-state index is 0.452. The molecule has 0 heterocycles. The average Bonchev–Trinajstić information content (AvgIpc) is 2.75. The predicted octanol–water partition coefficient (Wildman–Crippen LogP) is 4.25. The van der Waals surface area contributed by atoms with Gasteiger partial charge < -0.3 is 10.1 Å². The third kappa shape index (κ3) is 3.27. The molecule has 0 aromatic heterocycles. The van der Waals surface area contributed by atoms with E-state index in [4.69, 9.17) is 4.74 Å². The molecule has 21 heavy (non-hydrogen) atoms. The van der Waals surface area contributed by atoms with Crippen molar-refractivity contribution in [2.45, 2.75) is 38.3 Å². The fourth-order valence-corrected chi connectivity index (χ4v) is 3.22. The third-order valence-corrected chi connectivity index (χ3v) is 4.35. The summed E-state index contributed by atoms with van der Waals surface area (Å²) in [6.07, 6.45) is 5.01. The molecule has 1 unspecified atom stereocenters. The predicted molar refractivity (Wildman–Crippen MR) is 86.6 cm³/mol. The SMILES string of the molecule is COc1ccccc1CNC1CCCCc2ccccc21. The van der Waals surface area contributed by atoms with Gasteiger partial charge in [-0.05, 0) is 36.5 Å². The van der Waals surface area contributed by atoms with Gasteiger partial charge in [-0.25, -0.2) is 0 Å². The zero-order valence-corrected chi connectivity index (χ0v) is 12.6. The summed E-state index contributed by atoms with van der Waals surface area (Å²) in [6, 6.07) is 17.6. The van der Waals surface area contributed by atoms with Gasteiger partial charge in [0.2, 0.25) is 0 Å². The number of ether oxygens (including phenoxy) is 1. The van der Waals surface area contributed by atoms with E-state index in [0.29, 0.717) is 6.04 Å². The quantitative estimate of drug-likeness (QED) is 0.846. The van der Waals surface area contributed by atoms with Crippen molar-refractivity contribution in [3.8, 4) is 5.75 Å². The largest absolute Gasteiger partial charge is 0.496 e.